The molecule has 0 saturated carbocycles. The minimum Gasteiger partial charge on any atom is -0.748 e. The SMILES string of the molecule is O=C1/C(=C/c2cccc(OCCCCCCS(=O)(=O)[O-])c2)N=C2C(Cc3ccccc3)=NC(c3ccccc3)=CN12.[Na+]. The molecule has 0 spiro atoms. The van der Waals surface area contributed by atoms with E-state index in [1.165, 1.54) is 0 Å². The van der Waals surface area contributed by atoms with Crippen LogP contribution >= 0.6 is 0 Å². The Kier molecular flexibility index (Phi) is 11.1. The van der Waals surface area contributed by atoms with E-state index >= 15 is 0 Å². The van der Waals surface area contributed by atoms with Crippen molar-refractivity contribution >= 4 is 39.3 Å². The number of benzene rings is 3. The van der Waals surface area contributed by atoms with Gasteiger partial charge in [-0.2, -0.15) is 0 Å². The van der Waals surface area contributed by atoms with Gasteiger partial charge in [-0.25, -0.2) is 18.4 Å². The normalized spacial score (nSPS) is 15.5. The van der Waals surface area contributed by atoms with E-state index < -0.39 is 10.1 Å². The Hall–Kier alpha value is -3.34. The van der Waals surface area contributed by atoms with Crippen LogP contribution in [0.1, 0.15) is 42.4 Å². The number of aliphatic imine (C=N–C) groups is 2. The Morgan fingerprint density at radius 3 is 2.31 bits per heavy atom. The summed E-state index contributed by atoms with van der Waals surface area (Å²) in [5, 5.41) is 0. The summed E-state index contributed by atoms with van der Waals surface area (Å²) in [7, 11) is -4.15. The maximum absolute atomic E-state index is 13.5. The molecule has 0 bridgehead atoms. The molecule has 2 aliphatic rings. The fourth-order valence-electron chi connectivity index (χ4n) is 4.63. The number of carbonyl (C=O) groups is 1. The Bertz CT molecular complexity index is 1630. The van der Waals surface area contributed by atoms with Crippen molar-refractivity contribution in [2.24, 2.45) is 9.98 Å². The summed E-state index contributed by atoms with van der Waals surface area (Å²) in [5.41, 5.74) is 4.52. The molecule has 42 heavy (non-hydrogen) atoms. The summed E-state index contributed by atoms with van der Waals surface area (Å²) in [6.45, 7) is 0.464. The fourth-order valence-corrected chi connectivity index (χ4v) is 5.19. The van der Waals surface area contributed by atoms with Gasteiger partial charge in [0.1, 0.15) is 11.4 Å². The zero-order valence-corrected chi connectivity index (χ0v) is 26.3. The van der Waals surface area contributed by atoms with Crippen molar-refractivity contribution in [1.82, 2.24) is 4.90 Å². The van der Waals surface area contributed by atoms with E-state index in [0.29, 0.717) is 48.8 Å². The number of amides is 1. The number of unbranched alkanes of at least 4 members (excludes halogenated alkanes) is 3. The number of carbonyl (C=O) groups excluding carboxylic acids is 1. The average molecular weight is 592 g/mol. The molecule has 0 unspecified atom stereocenters. The summed E-state index contributed by atoms with van der Waals surface area (Å²) < 4.78 is 37.9. The van der Waals surface area contributed by atoms with Gasteiger partial charge in [-0.05, 0) is 42.2 Å². The summed E-state index contributed by atoms with van der Waals surface area (Å²) in [5.74, 6) is 0.644. The minimum atomic E-state index is -4.15. The van der Waals surface area contributed by atoms with Crippen LogP contribution < -0.4 is 34.3 Å². The summed E-state index contributed by atoms with van der Waals surface area (Å²) in [6.07, 6.45) is 6.57. The predicted octanol–water partition coefficient (Wildman–Crippen LogP) is 2.45. The van der Waals surface area contributed by atoms with Gasteiger partial charge in [-0.15, -0.1) is 0 Å². The van der Waals surface area contributed by atoms with E-state index in [4.69, 9.17) is 14.7 Å². The van der Waals surface area contributed by atoms with Crippen LogP contribution in [0.4, 0.5) is 0 Å². The summed E-state index contributed by atoms with van der Waals surface area (Å²) in [4.78, 5) is 24.7. The van der Waals surface area contributed by atoms with E-state index in [2.05, 4.69) is 0 Å². The molecule has 5 rings (SSSR count). The topological polar surface area (TPSA) is 111 Å². The van der Waals surface area contributed by atoms with Crippen LogP contribution in [0.25, 0.3) is 11.8 Å². The summed E-state index contributed by atoms with van der Waals surface area (Å²) >= 11 is 0. The van der Waals surface area contributed by atoms with Gasteiger partial charge >= 0.3 is 29.6 Å². The number of hydrogen-bond acceptors (Lipinski definition) is 7. The number of fused-ring (bicyclic) bond motifs is 1. The number of hydrogen-bond donors (Lipinski definition) is 0. The molecule has 0 saturated heterocycles. The second-order valence-electron chi connectivity index (χ2n) is 9.84. The molecule has 8 nitrogen and oxygen atoms in total. The van der Waals surface area contributed by atoms with Crippen molar-refractivity contribution in [3.8, 4) is 5.75 Å². The molecule has 0 radical (unpaired) electrons. The molecule has 10 heteroatoms. The smallest absolute Gasteiger partial charge is 0.748 e. The molecule has 1 amide bonds. The number of nitrogens with zero attached hydrogens (tertiary/aromatic N) is 3. The average Bonchev–Trinajstić information content (AvgIpc) is 3.28. The van der Waals surface area contributed by atoms with Gasteiger partial charge in [-0.1, -0.05) is 85.6 Å². The van der Waals surface area contributed by atoms with E-state index in [-0.39, 0.29) is 41.2 Å². The van der Waals surface area contributed by atoms with E-state index in [1.807, 2.05) is 84.9 Å². The van der Waals surface area contributed by atoms with Crippen molar-refractivity contribution < 1.29 is 52.1 Å². The van der Waals surface area contributed by atoms with Crippen LogP contribution in [0.3, 0.4) is 0 Å². The molecular weight excluding hydrogens is 561 g/mol. The fraction of sp³-hybridized carbons (Fsp3) is 0.219. The van der Waals surface area contributed by atoms with Crippen LogP contribution in [-0.2, 0) is 21.3 Å². The number of rotatable bonds is 12. The largest absolute Gasteiger partial charge is 1.00 e. The van der Waals surface area contributed by atoms with E-state index in [9.17, 15) is 17.8 Å². The monoisotopic (exact) mass is 591 g/mol. The molecule has 3 aromatic rings. The first-order chi connectivity index (χ1) is 19.9. The van der Waals surface area contributed by atoms with Crippen molar-refractivity contribution in [2.75, 3.05) is 12.4 Å². The van der Waals surface area contributed by atoms with Gasteiger partial charge in [-0.3, -0.25) is 9.69 Å². The Labute approximate surface area is 268 Å². The Morgan fingerprint density at radius 1 is 0.857 bits per heavy atom. The third kappa shape index (κ3) is 8.59. The van der Waals surface area contributed by atoms with Gasteiger partial charge in [0.2, 0.25) is 0 Å². The zero-order chi connectivity index (χ0) is 28.7. The second-order valence-corrected chi connectivity index (χ2v) is 11.4. The van der Waals surface area contributed by atoms with Crippen LogP contribution in [0.5, 0.6) is 5.75 Å². The van der Waals surface area contributed by atoms with Gasteiger partial charge in [0, 0.05) is 23.9 Å². The predicted molar refractivity (Wildman–Crippen MR) is 159 cm³/mol. The van der Waals surface area contributed by atoms with Crippen LogP contribution in [0.2, 0.25) is 0 Å². The third-order valence-electron chi connectivity index (χ3n) is 6.66. The van der Waals surface area contributed by atoms with Crippen molar-refractivity contribution in [3.05, 3.63) is 114 Å². The molecule has 2 heterocycles. The van der Waals surface area contributed by atoms with Gasteiger partial charge < -0.3 is 9.29 Å². The van der Waals surface area contributed by atoms with Crippen LogP contribution in [0.15, 0.2) is 107 Å². The third-order valence-corrected chi connectivity index (χ3v) is 7.45. The molecule has 0 aliphatic carbocycles. The molecule has 3 aromatic carbocycles. The minimum absolute atomic E-state index is 0. The number of amidine groups is 1. The first kappa shape index (κ1) is 31.6. The second kappa shape index (κ2) is 14.7. The molecule has 0 fully saturated rings. The van der Waals surface area contributed by atoms with Gasteiger partial charge in [0.15, 0.2) is 5.84 Å². The van der Waals surface area contributed by atoms with Gasteiger partial charge in [0.25, 0.3) is 5.91 Å². The number of ether oxygens (including phenoxy) is 1. The Balaban J connectivity index is 0.00000405. The van der Waals surface area contributed by atoms with Crippen LogP contribution in [0, 0.1) is 0 Å². The maximum Gasteiger partial charge on any atom is 1.00 e. The first-order valence-corrected chi connectivity index (χ1v) is 15.1. The van der Waals surface area contributed by atoms with Crippen molar-refractivity contribution in [2.45, 2.75) is 32.1 Å². The Morgan fingerprint density at radius 2 is 1.57 bits per heavy atom. The molecule has 0 N–H and O–H groups in total. The van der Waals surface area contributed by atoms with Gasteiger partial charge in [0.05, 0.1) is 28.1 Å². The standard InChI is InChI=1S/C32H31N3O5S.Na/c36-32-29(22-25-14-11-17-27(20-25)40-18-9-1-2-10-19-41(37,38)39)34-31-28(21-24-12-5-3-6-13-24)33-30(23-35(31)32)26-15-7-4-8-16-26;/h3-8,11-17,20,22-23H,1-2,9-10,18-19,21H2,(H,37,38,39);/q;+1/p-1/b29-22-;. The molecule has 2 aliphatic heterocycles. The first-order valence-electron chi connectivity index (χ1n) is 13.6. The molecule has 210 valence electrons. The van der Waals surface area contributed by atoms with Crippen LogP contribution in [-0.4, -0.2) is 47.7 Å². The molecule has 0 atom stereocenters. The maximum atomic E-state index is 13.5. The van der Waals surface area contributed by atoms with Crippen molar-refractivity contribution in [1.29, 1.82) is 0 Å². The summed E-state index contributed by atoms with van der Waals surface area (Å²) in [6, 6.07) is 27.2. The van der Waals surface area contributed by atoms with Crippen molar-refractivity contribution in [3.63, 3.8) is 0 Å². The van der Waals surface area contributed by atoms with E-state index in [1.54, 1.807) is 17.2 Å². The zero-order valence-electron chi connectivity index (χ0n) is 23.5. The quantitative estimate of drug-likeness (QED) is 0.139. The molecule has 0 aromatic heterocycles. The van der Waals surface area contributed by atoms with E-state index in [0.717, 1.165) is 35.2 Å². The molecular formula is C32H30N3NaO5S.